The SMILES string of the molecule is O=[N+]([O-])c1ccc2nc(SCc3ccccc3F)sc2c1. The van der Waals surface area contributed by atoms with Crippen LogP contribution in [0.1, 0.15) is 5.56 Å². The highest BCUT2D eigenvalue weighted by atomic mass is 32.2. The molecule has 0 radical (unpaired) electrons. The van der Waals surface area contributed by atoms with Crippen molar-refractivity contribution in [2.45, 2.75) is 10.1 Å². The van der Waals surface area contributed by atoms with Crippen molar-refractivity contribution in [1.82, 2.24) is 4.98 Å². The fourth-order valence-electron chi connectivity index (χ4n) is 1.82. The van der Waals surface area contributed by atoms with Crippen molar-refractivity contribution in [2.75, 3.05) is 0 Å². The van der Waals surface area contributed by atoms with E-state index < -0.39 is 4.92 Å². The topological polar surface area (TPSA) is 56.0 Å². The maximum Gasteiger partial charge on any atom is 0.270 e. The molecular formula is C14H9FN2O2S2. The Morgan fingerprint density at radius 1 is 1.29 bits per heavy atom. The Morgan fingerprint density at radius 3 is 2.86 bits per heavy atom. The molecule has 2 aromatic carbocycles. The third-order valence-corrected chi connectivity index (χ3v) is 5.08. The Morgan fingerprint density at radius 2 is 2.10 bits per heavy atom. The number of hydrogen-bond donors (Lipinski definition) is 0. The van der Waals surface area contributed by atoms with Crippen LogP contribution in [0, 0.1) is 15.9 Å². The minimum absolute atomic E-state index is 0.0526. The van der Waals surface area contributed by atoms with E-state index in [-0.39, 0.29) is 11.5 Å². The van der Waals surface area contributed by atoms with Crippen LogP contribution in [0.4, 0.5) is 10.1 Å². The predicted molar refractivity (Wildman–Crippen MR) is 82.2 cm³/mol. The average molecular weight is 320 g/mol. The van der Waals surface area contributed by atoms with Crippen molar-refractivity contribution < 1.29 is 9.31 Å². The number of hydrogen-bond acceptors (Lipinski definition) is 5. The van der Waals surface area contributed by atoms with Crippen LogP contribution >= 0.6 is 23.1 Å². The lowest BCUT2D eigenvalue weighted by molar-refractivity contribution is -0.384. The van der Waals surface area contributed by atoms with Crippen molar-refractivity contribution >= 4 is 39.0 Å². The molecule has 0 spiro atoms. The standard InChI is InChI=1S/C14H9FN2O2S2/c15-11-4-2-1-3-9(11)8-20-14-16-12-6-5-10(17(18)19)7-13(12)21-14/h1-7H,8H2. The van der Waals surface area contributed by atoms with E-state index in [1.807, 2.05) is 0 Å². The smallest absolute Gasteiger partial charge is 0.258 e. The van der Waals surface area contributed by atoms with Crippen LogP contribution in [0.2, 0.25) is 0 Å². The zero-order chi connectivity index (χ0) is 14.8. The number of rotatable bonds is 4. The molecule has 0 unspecified atom stereocenters. The number of thiazole rings is 1. The number of thioether (sulfide) groups is 1. The molecule has 0 saturated heterocycles. The van der Waals surface area contributed by atoms with Gasteiger partial charge in [0.1, 0.15) is 5.82 Å². The summed E-state index contributed by atoms with van der Waals surface area (Å²) in [5, 5.41) is 10.7. The summed E-state index contributed by atoms with van der Waals surface area (Å²) in [5.41, 5.74) is 1.39. The van der Waals surface area contributed by atoms with Crippen molar-refractivity contribution in [3.05, 3.63) is 64.0 Å². The molecule has 4 nitrogen and oxygen atoms in total. The van der Waals surface area contributed by atoms with Crippen LogP contribution in [-0.2, 0) is 5.75 Å². The number of aromatic nitrogens is 1. The van der Waals surface area contributed by atoms with E-state index in [0.29, 0.717) is 11.3 Å². The molecule has 1 heterocycles. The summed E-state index contributed by atoms with van der Waals surface area (Å²) >= 11 is 2.80. The van der Waals surface area contributed by atoms with Crippen LogP contribution < -0.4 is 0 Å². The fraction of sp³-hybridized carbons (Fsp3) is 0.0714. The molecule has 7 heteroatoms. The first-order chi connectivity index (χ1) is 10.1. The second-order valence-electron chi connectivity index (χ2n) is 4.27. The molecule has 0 fully saturated rings. The van der Waals surface area contributed by atoms with Gasteiger partial charge in [0.2, 0.25) is 0 Å². The lowest BCUT2D eigenvalue weighted by Crippen LogP contribution is -1.86. The third kappa shape index (κ3) is 3.03. The van der Waals surface area contributed by atoms with Crippen LogP contribution in [0.15, 0.2) is 46.8 Å². The molecule has 21 heavy (non-hydrogen) atoms. The van der Waals surface area contributed by atoms with Crippen LogP contribution in [0.25, 0.3) is 10.2 Å². The van der Waals surface area contributed by atoms with Crippen LogP contribution in [-0.4, -0.2) is 9.91 Å². The average Bonchev–Trinajstić information content (AvgIpc) is 2.88. The van der Waals surface area contributed by atoms with Gasteiger partial charge in [0.15, 0.2) is 4.34 Å². The summed E-state index contributed by atoms with van der Waals surface area (Å²) < 4.78 is 15.1. The summed E-state index contributed by atoms with van der Waals surface area (Å²) in [4.78, 5) is 14.7. The number of nitro groups is 1. The normalized spacial score (nSPS) is 10.9. The molecule has 0 N–H and O–H groups in total. The molecule has 0 aliphatic rings. The van der Waals surface area contributed by atoms with E-state index in [0.717, 1.165) is 14.6 Å². The summed E-state index contributed by atoms with van der Waals surface area (Å²) in [6, 6.07) is 11.2. The first kappa shape index (κ1) is 14.0. The Kier molecular flexibility index (Phi) is 3.85. The Balaban J connectivity index is 1.82. The lowest BCUT2D eigenvalue weighted by atomic mass is 10.2. The van der Waals surface area contributed by atoms with E-state index in [1.165, 1.54) is 41.3 Å². The molecule has 0 atom stereocenters. The van der Waals surface area contributed by atoms with Crippen molar-refractivity contribution in [3.8, 4) is 0 Å². The van der Waals surface area contributed by atoms with Crippen molar-refractivity contribution in [1.29, 1.82) is 0 Å². The molecular weight excluding hydrogens is 311 g/mol. The quantitative estimate of drug-likeness (QED) is 0.399. The van der Waals surface area contributed by atoms with Gasteiger partial charge in [-0.15, -0.1) is 11.3 Å². The zero-order valence-corrected chi connectivity index (χ0v) is 12.3. The maximum absolute atomic E-state index is 13.5. The Labute approximate surface area is 127 Å². The summed E-state index contributed by atoms with van der Waals surface area (Å²) in [6.45, 7) is 0. The van der Waals surface area contributed by atoms with Gasteiger partial charge in [-0.25, -0.2) is 9.37 Å². The highest BCUT2D eigenvalue weighted by Gasteiger charge is 2.11. The van der Waals surface area contributed by atoms with Gasteiger partial charge in [-0.05, 0) is 17.7 Å². The van der Waals surface area contributed by atoms with Gasteiger partial charge < -0.3 is 0 Å². The summed E-state index contributed by atoms with van der Waals surface area (Å²) in [6.07, 6.45) is 0. The lowest BCUT2D eigenvalue weighted by Gasteiger charge is -1.99. The molecule has 3 rings (SSSR count). The third-order valence-electron chi connectivity index (χ3n) is 2.87. The monoisotopic (exact) mass is 320 g/mol. The van der Waals surface area contributed by atoms with Crippen LogP contribution in [0.3, 0.4) is 0 Å². The van der Waals surface area contributed by atoms with Gasteiger partial charge in [-0.3, -0.25) is 10.1 Å². The summed E-state index contributed by atoms with van der Waals surface area (Å²) in [7, 11) is 0. The Hall–Kier alpha value is -1.99. The minimum atomic E-state index is -0.425. The van der Waals surface area contributed by atoms with Crippen molar-refractivity contribution in [3.63, 3.8) is 0 Å². The number of halogens is 1. The van der Waals surface area contributed by atoms with Crippen LogP contribution in [0.5, 0.6) is 0 Å². The second kappa shape index (κ2) is 5.79. The molecule has 0 amide bonds. The van der Waals surface area contributed by atoms with Gasteiger partial charge in [0, 0.05) is 17.9 Å². The molecule has 0 aliphatic carbocycles. The van der Waals surface area contributed by atoms with Gasteiger partial charge in [-0.1, -0.05) is 30.0 Å². The molecule has 106 valence electrons. The fourth-order valence-corrected chi connectivity index (χ4v) is 3.91. The van der Waals surface area contributed by atoms with E-state index >= 15 is 0 Å². The summed E-state index contributed by atoms with van der Waals surface area (Å²) in [5.74, 6) is 0.246. The number of benzene rings is 2. The first-order valence-corrected chi connectivity index (χ1v) is 7.85. The van der Waals surface area contributed by atoms with E-state index in [4.69, 9.17) is 0 Å². The van der Waals surface area contributed by atoms with E-state index in [2.05, 4.69) is 4.98 Å². The van der Waals surface area contributed by atoms with E-state index in [9.17, 15) is 14.5 Å². The zero-order valence-electron chi connectivity index (χ0n) is 10.7. The molecule has 0 saturated carbocycles. The maximum atomic E-state index is 13.5. The van der Waals surface area contributed by atoms with E-state index in [1.54, 1.807) is 24.3 Å². The highest BCUT2D eigenvalue weighted by molar-refractivity contribution is 8.00. The van der Waals surface area contributed by atoms with Gasteiger partial charge in [0.05, 0.1) is 15.1 Å². The van der Waals surface area contributed by atoms with Gasteiger partial charge >= 0.3 is 0 Å². The number of nitro benzene ring substituents is 1. The number of non-ortho nitro benzene ring substituents is 1. The second-order valence-corrected chi connectivity index (χ2v) is 6.52. The number of nitrogens with zero attached hydrogens (tertiary/aromatic N) is 2. The van der Waals surface area contributed by atoms with Crippen molar-refractivity contribution in [2.24, 2.45) is 0 Å². The van der Waals surface area contributed by atoms with Gasteiger partial charge in [0.25, 0.3) is 5.69 Å². The molecule has 0 bridgehead atoms. The molecule has 0 aliphatic heterocycles. The highest BCUT2D eigenvalue weighted by Crippen LogP contribution is 2.33. The first-order valence-electron chi connectivity index (χ1n) is 6.04. The number of fused-ring (bicyclic) bond motifs is 1. The largest absolute Gasteiger partial charge is 0.270 e. The Bertz CT molecular complexity index is 820. The molecule has 3 aromatic rings. The van der Waals surface area contributed by atoms with Gasteiger partial charge in [-0.2, -0.15) is 0 Å². The minimum Gasteiger partial charge on any atom is -0.258 e. The predicted octanol–water partition coefficient (Wildman–Crippen LogP) is 4.64. The molecule has 1 aromatic heterocycles.